The SMILES string of the molecule is CCCOCc1ccc(/C(N)=N/O)cc1C. The Hall–Kier alpha value is -1.55. The van der Waals surface area contributed by atoms with Crippen molar-refractivity contribution in [2.45, 2.75) is 26.9 Å². The Bertz CT molecular complexity index is 375. The average Bonchev–Trinajstić information content (AvgIpc) is 2.30. The van der Waals surface area contributed by atoms with Gasteiger partial charge in [-0.25, -0.2) is 0 Å². The second-order valence-corrected chi connectivity index (χ2v) is 3.68. The first-order chi connectivity index (χ1) is 7.69. The summed E-state index contributed by atoms with van der Waals surface area (Å²) in [5, 5.41) is 11.5. The number of hydrogen-bond donors (Lipinski definition) is 2. The van der Waals surface area contributed by atoms with Crippen molar-refractivity contribution >= 4 is 5.84 Å². The lowest BCUT2D eigenvalue weighted by molar-refractivity contribution is 0.121. The van der Waals surface area contributed by atoms with Crippen molar-refractivity contribution in [2.75, 3.05) is 6.61 Å². The molecule has 0 aliphatic heterocycles. The van der Waals surface area contributed by atoms with Gasteiger partial charge in [0.1, 0.15) is 0 Å². The highest BCUT2D eigenvalue weighted by Crippen LogP contribution is 2.12. The second kappa shape index (κ2) is 6.12. The first-order valence-corrected chi connectivity index (χ1v) is 5.34. The molecule has 0 saturated heterocycles. The second-order valence-electron chi connectivity index (χ2n) is 3.68. The van der Waals surface area contributed by atoms with E-state index in [0.29, 0.717) is 6.61 Å². The first kappa shape index (κ1) is 12.5. The molecule has 0 spiro atoms. The maximum Gasteiger partial charge on any atom is 0.170 e. The number of nitrogens with zero attached hydrogens (tertiary/aromatic N) is 1. The molecule has 4 nitrogen and oxygen atoms in total. The first-order valence-electron chi connectivity index (χ1n) is 5.34. The summed E-state index contributed by atoms with van der Waals surface area (Å²) in [5.74, 6) is 0.129. The molecule has 0 aliphatic carbocycles. The maximum atomic E-state index is 8.56. The zero-order valence-electron chi connectivity index (χ0n) is 9.73. The van der Waals surface area contributed by atoms with Crippen LogP contribution in [-0.2, 0) is 11.3 Å². The predicted octanol–water partition coefficient (Wildman–Crippen LogP) is 2.02. The van der Waals surface area contributed by atoms with E-state index in [2.05, 4.69) is 12.1 Å². The number of hydrogen-bond acceptors (Lipinski definition) is 3. The number of aryl methyl sites for hydroxylation is 1. The van der Waals surface area contributed by atoms with Crippen molar-refractivity contribution in [2.24, 2.45) is 10.9 Å². The zero-order chi connectivity index (χ0) is 12.0. The van der Waals surface area contributed by atoms with Gasteiger partial charge in [0, 0.05) is 12.2 Å². The van der Waals surface area contributed by atoms with E-state index in [0.717, 1.165) is 29.7 Å². The van der Waals surface area contributed by atoms with Crippen LogP contribution in [0.5, 0.6) is 0 Å². The molecule has 0 unspecified atom stereocenters. The molecule has 0 bridgehead atoms. The summed E-state index contributed by atoms with van der Waals surface area (Å²) in [6.45, 7) is 5.44. The molecule has 0 aliphatic rings. The van der Waals surface area contributed by atoms with Crippen LogP contribution in [0.25, 0.3) is 0 Å². The Kier molecular flexibility index (Phi) is 4.79. The van der Waals surface area contributed by atoms with Crippen molar-refractivity contribution in [3.63, 3.8) is 0 Å². The third-order valence-corrected chi connectivity index (χ3v) is 2.35. The molecule has 1 rings (SSSR count). The van der Waals surface area contributed by atoms with E-state index in [9.17, 15) is 0 Å². The third kappa shape index (κ3) is 3.24. The van der Waals surface area contributed by atoms with Crippen molar-refractivity contribution in [3.8, 4) is 0 Å². The lowest BCUT2D eigenvalue weighted by atomic mass is 10.1. The van der Waals surface area contributed by atoms with Crippen LogP contribution in [0.3, 0.4) is 0 Å². The highest BCUT2D eigenvalue weighted by Gasteiger charge is 2.03. The van der Waals surface area contributed by atoms with E-state index in [-0.39, 0.29) is 5.84 Å². The van der Waals surface area contributed by atoms with E-state index in [1.807, 2.05) is 25.1 Å². The molecular formula is C12H18N2O2. The van der Waals surface area contributed by atoms with Crippen LogP contribution in [0.2, 0.25) is 0 Å². The van der Waals surface area contributed by atoms with Crippen LogP contribution in [0.1, 0.15) is 30.0 Å². The quantitative estimate of drug-likeness (QED) is 0.263. The molecule has 16 heavy (non-hydrogen) atoms. The molecule has 0 atom stereocenters. The van der Waals surface area contributed by atoms with Crippen LogP contribution < -0.4 is 5.73 Å². The van der Waals surface area contributed by atoms with Crippen LogP contribution in [-0.4, -0.2) is 17.6 Å². The van der Waals surface area contributed by atoms with E-state index in [1.165, 1.54) is 0 Å². The Labute approximate surface area is 95.7 Å². The Morgan fingerprint density at radius 1 is 1.50 bits per heavy atom. The van der Waals surface area contributed by atoms with Gasteiger partial charge >= 0.3 is 0 Å². The normalized spacial score (nSPS) is 11.8. The molecule has 0 amide bonds. The molecule has 0 aromatic heterocycles. The van der Waals surface area contributed by atoms with Gasteiger partial charge in [-0.3, -0.25) is 0 Å². The van der Waals surface area contributed by atoms with E-state index >= 15 is 0 Å². The van der Waals surface area contributed by atoms with Crippen LogP contribution in [0.15, 0.2) is 23.4 Å². The summed E-state index contributed by atoms with van der Waals surface area (Å²) < 4.78 is 5.47. The number of ether oxygens (including phenoxy) is 1. The largest absolute Gasteiger partial charge is 0.409 e. The third-order valence-electron chi connectivity index (χ3n) is 2.35. The van der Waals surface area contributed by atoms with Crippen LogP contribution in [0, 0.1) is 6.92 Å². The Morgan fingerprint density at radius 2 is 2.25 bits per heavy atom. The topological polar surface area (TPSA) is 67.8 Å². The van der Waals surface area contributed by atoms with Crippen LogP contribution >= 0.6 is 0 Å². The maximum absolute atomic E-state index is 8.56. The number of oxime groups is 1. The van der Waals surface area contributed by atoms with Gasteiger partial charge in [0.25, 0.3) is 0 Å². The smallest absolute Gasteiger partial charge is 0.170 e. The molecule has 4 heteroatoms. The van der Waals surface area contributed by atoms with Gasteiger partial charge in [0.05, 0.1) is 6.61 Å². The van der Waals surface area contributed by atoms with Gasteiger partial charge in [0.15, 0.2) is 5.84 Å². The summed E-state index contributed by atoms with van der Waals surface area (Å²) in [7, 11) is 0. The highest BCUT2D eigenvalue weighted by atomic mass is 16.5. The van der Waals surface area contributed by atoms with Crippen molar-refractivity contribution < 1.29 is 9.94 Å². The van der Waals surface area contributed by atoms with E-state index in [1.54, 1.807) is 0 Å². The minimum atomic E-state index is 0.129. The van der Waals surface area contributed by atoms with Gasteiger partial charge in [0.2, 0.25) is 0 Å². The monoisotopic (exact) mass is 222 g/mol. The highest BCUT2D eigenvalue weighted by molar-refractivity contribution is 5.97. The number of benzene rings is 1. The van der Waals surface area contributed by atoms with E-state index < -0.39 is 0 Å². The molecule has 0 radical (unpaired) electrons. The molecule has 3 N–H and O–H groups in total. The van der Waals surface area contributed by atoms with Crippen molar-refractivity contribution in [1.29, 1.82) is 0 Å². The molecule has 0 fully saturated rings. The number of nitrogens with two attached hydrogens (primary N) is 1. The summed E-state index contributed by atoms with van der Waals surface area (Å²) in [4.78, 5) is 0. The van der Waals surface area contributed by atoms with Gasteiger partial charge in [-0.2, -0.15) is 0 Å². The fourth-order valence-electron chi connectivity index (χ4n) is 1.40. The van der Waals surface area contributed by atoms with Gasteiger partial charge in [-0.05, 0) is 30.5 Å². The molecule has 0 heterocycles. The lowest BCUT2D eigenvalue weighted by Gasteiger charge is -2.08. The minimum absolute atomic E-state index is 0.129. The molecule has 1 aromatic rings. The standard InChI is InChI=1S/C12H18N2O2/c1-3-6-16-8-11-5-4-10(7-9(11)2)12(13)14-15/h4-5,7,15H,3,6,8H2,1-2H3,(H2,13,14). The van der Waals surface area contributed by atoms with Gasteiger partial charge in [-0.1, -0.05) is 24.2 Å². The fraction of sp³-hybridized carbons (Fsp3) is 0.417. The summed E-state index contributed by atoms with van der Waals surface area (Å²) in [6.07, 6.45) is 1.02. The molecule has 0 saturated carbocycles. The summed E-state index contributed by atoms with van der Waals surface area (Å²) >= 11 is 0. The Balaban J connectivity index is 2.75. The lowest BCUT2D eigenvalue weighted by Crippen LogP contribution is -2.13. The molecule has 88 valence electrons. The van der Waals surface area contributed by atoms with Gasteiger partial charge < -0.3 is 15.7 Å². The summed E-state index contributed by atoms with van der Waals surface area (Å²) in [5.41, 5.74) is 8.44. The van der Waals surface area contributed by atoms with Crippen molar-refractivity contribution in [1.82, 2.24) is 0 Å². The predicted molar refractivity (Wildman–Crippen MR) is 63.6 cm³/mol. The zero-order valence-corrected chi connectivity index (χ0v) is 9.73. The number of amidine groups is 1. The van der Waals surface area contributed by atoms with Gasteiger partial charge in [-0.15, -0.1) is 0 Å². The van der Waals surface area contributed by atoms with Crippen LogP contribution in [0.4, 0.5) is 0 Å². The van der Waals surface area contributed by atoms with Crippen molar-refractivity contribution in [3.05, 3.63) is 34.9 Å². The number of rotatable bonds is 5. The van der Waals surface area contributed by atoms with E-state index in [4.69, 9.17) is 15.7 Å². The average molecular weight is 222 g/mol. The fourth-order valence-corrected chi connectivity index (χ4v) is 1.40. The molecule has 1 aromatic carbocycles. The summed E-state index contributed by atoms with van der Waals surface area (Å²) in [6, 6.07) is 5.66. The minimum Gasteiger partial charge on any atom is -0.409 e. The molecular weight excluding hydrogens is 204 g/mol. The Morgan fingerprint density at radius 3 is 2.81 bits per heavy atom.